The molecule has 2 N–H and O–H groups in total. The smallest absolute Gasteiger partial charge is 0.246 e. The summed E-state index contributed by atoms with van der Waals surface area (Å²) in [4.78, 5) is 15.9. The van der Waals surface area contributed by atoms with Gasteiger partial charge in [-0.25, -0.2) is 0 Å². The fourth-order valence-electron chi connectivity index (χ4n) is 2.07. The number of carbonyl (C=O) groups is 1. The van der Waals surface area contributed by atoms with Crippen molar-refractivity contribution in [3.8, 4) is 17.1 Å². The van der Waals surface area contributed by atoms with Crippen LogP contribution in [0.15, 0.2) is 28.8 Å². The second-order valence-corrected chi connectivity index (χ2v) is 5.10. The van der Waals surface area contributed by atoms with Crippen LogP contribution < -0.4 is 5.32 Å². The van der Waals surface area contributed by atoms with Gasteiger partial charge in [-0.3, -0.25) is 4.79 Å². The highest BCUT2D eigenvalue weighted by atomic mass is 16.5. The van der Waals surface area contributed by atoms with Crippen molar-refractivity contribution in [3.05, 3.63) is 30.2 Å². The SMILES string of the molecule is CC1CC1C(=O)NCc1nc(-c2cccc(O)c2)no1. The summed E-state index contributed by atoms with van der Waals surface area (Å²) in [6.07, 6.45) is 0.949. The van der Waals surface area contributed by atoms with Crippen LogP contribution in [-0.2, 0) is 11.3 Å². The Morgan fingerprint density at radius 2 is 2.35 bits per heavy atom. The Hall–Kier alpha value is -2.37. The number of phenolic OH excluding ortho intramolecular Hbond substituents is 1. The first kappa shape index (κ1) is 12.7. The lowest BCUT2D eigenvalue weighted by Gasteiger charge is -1.99. The molecular weight excluding hydrogens is 258 g/mol. The van der Waals surface area contributed by atoms with E-state index in [0.29, 0.717) is 23.2 Å². The van der Waals surface area contributed by atoms with Crippen molar-refractivity contribution in [3.63, 3.8) is 0 Å². The van der Waals surface area contributed by atoms with E-state index < -0.39 is 0 Å². The Kier molecular flexibility index (Phi) is 3.14. The Morgan fingerprint density at radius 3 is 3.05 bits per heavy atom. The molecule has 1 aromatic carbocycles. The number of aromatic hydroxyl groups is 1. The number of hydrogen-bond acceptors (Lipinski definition) is 5. The largest absolute Gasteiger partial charge is 0.508 e. The van der Waals surface area contributed by atoms with Crippen molar-refractivity contribution in [2.75, 3.05) is 0 Å². The van der Waals surface area contributed by atoms with E-state index in [-0.39, 0.29) is 24.1 Å². The molecule has 0 radical (unpaired) electrons. The highest BCUT2D eigenvalue weighted by molar-refractivity contribution is 5.81. The van der Waals surface area contributed by atoms with Crippen LogP contribution >= 0.6 is 0 Å². The highest BCUT2D eigenvalue weighted by Crippen LogP contribution is 2.37. The standard InChI is InChI=1S/C14H15N3O3/c1-8-5-11(8)14(19)15-7-12-16-13(17-20-12)9-3-2-4-10(18)6-9/h2-4,6,8,11,18H,5,7H2,1H3,(H,15,19). The van der Waals surface area contributed by atoms with Crippen molar-refractivity contribution in [2.24, 2.45) is 11.8 Å². The zero-order valence-corrected chi connectivity index (χ0v) is 11.0. The molecule has 1 aliphatic carbocycles. The second-order valence-electron chi connectivity index (χ2n) is 5.10. The molecule has 2 aromatic rings. The maximum Gasteiger partial charge on any atom is 0.246 e. The number of benzene rings is 1. The first-order valence-corrected chi connectivity index (χ1v) is 6.53. The molecule has 1 fully saturated rings. The summed E-state index contributed by atoms with van der Waals surface area (Å²) >= 11 is 0. The molecule has 6 nitrogen and oxygen atoms in total. The molecule has 1 amide bonds. The van der Waals surface area contributed by atoms with Gasteiger partial charge in [0, 0.05) is 11.5 Å². The number of phenols is 1. The van der Waals surface area contributed by atoms with E-state index in [4.69, 9.17) is 4.52 Å². The molecule has 3 rings (SSSR count). The fourth-order valence-corrected chi connectivity index (χ4v) is 2.07. The molecule has 6 heteroatoms. The quantitative estimate of drug-likeness (QED) is 0.885. The molecule has 0 saturated heterocycles. The zero-order valence-electron chi connectivity index (χ0n) is 11.0. The van der Waals surface area contributed by atoms with Crippen molar-refractivity contribution >= 4 is 5.91 Å². The van der Waals surface area contributed by atoms with Gasteiger partial charge < -0.3 is 14.9 Å². The maximum atomic E-state index is 11.7. The zero-order chi connectivity index (χ0) is 14.1. The molecule has 104 valence electrons. The van der Waals surface area contributed by atoms with Crippen LogP contribution in [0.2, 0.25) is 0 Å². The molecular formula is C14H15N3O3. The van der Waals surface area contributed by atoms with Crippen LogP contribution in [0.1, 0.15) is 19.2 Å². The van der Waals surface area contributed by atoms with E-state index in [1.807, 2.05) is 0 Å². The van der Waals surface area contributed by atoms with Crippen molar-refractivity contribution in [1.29, 1.82) is 0 Å². The lowest BCUT2D eigenvalue weighted by atomic mass is 10.2. The molecule has 0 bridgehead atoms. The Labute approximate surface area is 115 Å². The van der Waals surface area contributed by atoms with Gasteiger partial charge in [-0.05, 0) is 24.5 Å². The summed E-state index contributed by atoms with van der Waals surface area (Å²) in [5.41, 5.74) is 0.669. The molecule has 0 spiro atoms. The van der Waals surface area contributed by atoms with Gasteiger partial charge in [0.1, 0.15) is 5.75 Å². The van der Waals surface area contributed by atoms with Crippen molar-refractivity contribution in [2.45, 2.75) is 19.9 Å². The van der Waals surface area contributed by atoms with Crippen molar-refractivity contribution < 1.29 is 14.4 Å². The number of carbonyl (C=O) groups excluding carboxylic acids is 1. The van der Waals surface area contributed by atoms with E-state index in [1.54, 1.807) is 24.3 Å². The summed E-state index contributed by atoms with van der Waals surface area (Å²) in [5, 5.41) is 16.0. The summed E-state index contributed by atoms with van der Waals surface area (Å²) in [6.45, 7) is 2.28. The number of nitrogens with one attached hydrogen (secondary N) is 1. The molecule has 1 aromatic heterocycles. The molecule has 1 saturated carbocycles. The molecule has 0 aliphatic heterocycles. The third kappa shape index (κ3) is 2.64. The summed E-state index contributed by atoms with van der Waals surface area (Å²) < 4.78 is 5.08. The Bertz CT molecular complexity index is 638. The molecule has 1 aliphatic rings. The van der Waals surface area contributed by atoms with Crippen LogP contribution in [0.4, 0.5) is 0 Å². The third-order valence-electron chi connectivity index (χ3n) is 3.43. The van der Waals surface area contributed by atoms with E-state index >= 15 is 0 Å². The normalized spacial score (nSPS) is 20.6. The van der Waals surface area contributed by atoms with E-state index in [2.05, 4.69) is 22.4 Å². The molecule has 2 atom stereocenters. The third-order valence-corrected chi connectivity index (χ3v) is 3.43. The van der Waals surface area contributed by atoms with Gasteiger partial charge in [0.2, 0.25) is 17.6 Å². The number of amides is 1. The predicted octanol–water partition coefficient (Wildman–Crippen LogP) is 1.71. The minimum Gasteiger partial charge on any atom is -0.508 e. The second kappa shape index (κ2) is 4.96. The van der Waals surface area contributed by atoms with E-state index in [0.717, 1.165) is 6.42 Å². The van der Waals surface area contributed by atoms with Gasteiger partial charge in [0.05, 0.1) is 6.54 Å². The molecule has 1 heterocycles. The van der Waals surface area contributed by atoms with Crippen LogP contribution in [0.5, 0.6) is 5.75 Å². The van der Waals surface area contributed by atoms with E-state index in [9.17, 15) is 9.90 Å². The van der Waals surface area contributed by atoms with Gasteiger partial charge in [0.25, 0.3) is 0 Å². The summed E-state index contributed by atoms with van der Waals surface area (Å²) in [6, 6.07) is 6.61. The highest BCUT2D eigenvalue weighted by Gasteiger charge is 2.38. The average Bonchev–Trinajstić information content (AvgIpc) is 2.99. The minimum atomic E-state index is 0.0367. The Morgan fingerprint density at radius 1 is 1.55 bits per heavy atom. The number of nitrogens with zero attached hydrogens (tertiary/aromatic N) is 2. The number of hydrogen-bond donors (Lipinski definition) is 2. The minimum absolute atomic E-state index is 0.0367. The monoisotopic (exact) mass is 273 g/mol. The topological polar surface area (TPSA) is 88.2 Å². The van der Waals surface area contributed by atoms with Gasteiger partial charge in [-0.15, -0.1) is 0 Å². The van der Waals surface area contributed by atoms with Gasteiger partial charge in [-0.2, -0.15) is 4.98 Å². The van der Waals surface area contributed by atoms with Gasteiger partial charge in [-0.1, -0.05) is 24.2 Å². The predicted molar refractivity (Wildman–Crippen MR) is 70.5 cm³/mol. The number of aromatic nitrogens is 2. The van der Waals surface area contributed by atoms with Crippen LogP contribution in [0, 0.1) is 11.8 Å². The average molecular weight is 273 g/mol. The first-order valence-electron chi connectivity index (χ1n) is 6.53. The number of rotatable bonds is 4. The van der Waals surface area contributed by atoms with Crippen LogP contribution in [0.25, 0.3) is 11.4 Å². The lowest BCUT2D eigenvalue weighted by Crippen LogP contribution is -2.24. The first-order chi connectivity index (χ1) is 9.63. The molecule has 20 heavy (non-hydrogen) atoms. The summed E-state index contributed by atoms with van der Waals surface area (Å²) in [7, 11) is 0. The van der Waals surface area contributed by atoms with E-state index in [1.165, 1.54) is 0 Å². The van der Waals surface area contributed by atoms with Crippen LogP contribution in [-0.4, -0.2) is 21.2 Å². The lowest BCUT2D eigenvalue weighted by molar-refractivity contribution is -0.122. The van der Waals surface area contributed by atoms with Crippen LogP contribution in [0.3, 0.4) is 0 Å². The maximum absolute atomic E-state index is 11.7. The Balaban J connectivity index is 1.63. The fraction of sp³-hybridized carbons (Fsp3) is 0.357. The summed E-state index contributed by atoms with van der Waals surface area (Å²) in [5.74, 6) is 1.53. The van der Waals surface area contributed by atoms with Gasteiger partial charge >= 0.3 is 0 Å². The van der Waals surface area contributed by atoms with Gasteiger partial charge in [0.15, 0.2) is 0 Å². The van der Waals surface area contributed by atoms with Crippen molar-refractivity contribution in [1.82, 2.24) is 15.5 Å². The molecule has 2 unspecified atom stereocenters.